The molecule has 0 saturated carbocycles. The molecule has 0 N–H and O–H groups in total. The van der Waals surface area contributed by atoms with Crippen LogP contribution in [0.3, 0.4) is 0 Å². The van der Waals surface area contributed by atoms with Gasteiger partial charge in [-0.05, 0) is 11.2 Å². The quantitative estimate of drug-likeness (QED) is 0.346. The maximum absolute atomic E-state index is 8.89. The summed E-state index contributed by atoms with van der Waals surface area (Å²) in [5.41, 5.74) is 0. The molecule has 0 aliphatic rings. The molecule has 69 valence electrons. The first-order valence-electron chi connectivity index (χ1n) is 1.17. The molecule has 0 atom stereocenters. The van der Waals surface area contributed by atoms with Gasteiger partial charge in [-0.25, -0.2) is 0 Å². The third-order valence-corrected chi connectivity index (χ3v) is 0. The Hall–Kier alpha value is 1.10. The monoisotopic (exact) mass is 389 g/mol. The molecule has 0 bridgehead atoms. The Morgan fingerprint density at radius 1 is 1.30 bits per heavy atom. The molecule has 6 nitrogen and oxygen atoms in total. The average Bonchev–Trinajstić information content (AvgIpc) is 1.19. The minimum atomic E-state index is -4.33. The van der Waals surface area contributed by atoms with Crippen LogP contribution in [0.1, 0.15) is 0 Å². The Kier molecular flexibility index (Phi) is 14.2. The second-order valence-corrected chi connectivity index (χ2v) is 3.06. The van der Waals surface area contributed by atoms with E-state index in [0.29, 0.717) is 0 Å². The van der Waals surface area contributed by atoms with Crippen LogP contribution in [-0.4, -0.2) is 26.6 Å². The van der Waals surface area contributed by atoms with Gasteiger partial charge in [0.05, 0.1) is 0 Å². The standard InChI is InChI=1S/Au.H2O3S2.H2O3S/c;1-5(2,3)4;1-4(2)3/h;(H2,1,2,3,4);(H2,1,2,3)/p-4. The summed E-state index contributed by atoms with van der Waals surface area (Å²) in [4.78, 5) is 0. The van der Waals surface area contributed by atoms with Crippen molar-refractivity contribution >= 4 is 31.6 Å². The second kappa shape index (κ2) is 8.20. The van der Waals surface area contributed by atoms with Crippen LogP contribution in [0.2, 0.25) is 0 Å². The largest absolute Gasteiger partial charge is 0.784 e. The average molecular weight is 389 g/mol. The van der Waals surface area contributed by atoms with Crippen LogP contribution in [0, 0.1) is 0 Å². The van der Waals surface area contributed by atoms with Gasteiger partial charge in [0, 0.05) is 22.4 Å². The summed E-state index contributed by atoms with van der Waals surface area (Å²) in [5, 5.41) is 0. The van der Waals surface area contributed by atoms with Gasteiger partial charge < -0.3 is 18.2 Å². The van der Waals surface area contributed by atoms with Crippen molar-refractivity contribution in [2.24, 2.45) is 0 Å². The number of rotatable bonds is 0. The summed E-state index contributed by atoms with van der Waals surface area (Å²) < 4.78 is 52.0. The van der Waals surface area contributed by atoms with E-state index in [9.17, 15) is 0 Å². The number of hydrogen-bond donors (Lipinski definition) is 0. The van der Waals surface area contributed by atoms with Crippen LogP contribution < -0.4 is 0 Å². The van der Waals surface area contributed by atoms with Crippen molar-refractivity contribution in [3.63, 3.8) is 0 Å². The first-order chi connectivity index (χ1) is 3.73. The van der Waals surface area contributed by atoms with Crippen molar-refractivity contribution < 1.29 is 49.0 Å². The van der Waals surface area contributed by atoms with Gasteiger partial charge in [0.15, 0.2) is 0 Å². The van der Waals surface area contributed by atoms with E-state index in [0.717, 1.165) is 0 Å². The third kappa shape index (κ3) is 493. The van der Waals surface area contributed by atoms with E-state index in [2.05, 4.69) is 11.2 Å². The zero-order valence-corrected chi connectivity index (χ0v) is 8.59. The van der Waals surface area contributed by atoms with E-state index in [-0.39, 0.29) is 22.4 Å². The number of hydrogen-bond acceptors (Lipinski definition) is 7. The Bertz CT molecular complexity index is 155. The third-order valence-electron chi connectivity index (χ3n) is 0. The van der Waals surface area contributed by atoms with E-state index in [1.54, 1.807) is 0 Å². The molecule has 0 unspecified atom stereocenters. The topological polar surface area (TPSA) is 126 Å². The molecule has 0 aromatic rings. The van der Waals surface area contributed by atoms with Gasteiger partial charge in [-0.2, -0.15) is 0 Å². The first kappa shape index (κ1) is 17.3. The van der Waals surface area contributed by atoms with Crippen LogP contribution in [0.15, 0.2) is 0 Å². The molecular formula is AuO6S3-4. The smallest absolute Gasteiger partial charge is 0 e. The first-order valence-corrected chi connectivity index (χ1v) is 4.50. The Labute approximate surface area is 80.4 Å². The van der Waals surface area contributed by atoms with Crippen LogP contribution in [0.25, 0.3) is 0 Å². The van der Waals surface area contributed by atoms with Gasteiger partial charge in [-0.15, -0.1) is 20.4 Å². The molecule has 0 spiro atoms. The van der Waals surface area contributed by atoms with Gasteiger partial charge in [0.2, 0.25) is 0 Å². The molecule has 0 aliphatic heterocycles. The van der Waals surface area contributed by atoms with Crippen LogP contribution in [0.4, 0.5) is 0 Å². The minimum Gasteiger partial charge on any atom is -0.784 e. The normalized spacial score (nSPS) is 9.30. The van der Waals surface area contributed by atoms with E-state index >= 15 is 0 Å². The van der Waals surface area contributed by atoms with Crippen molar-refractivity contribution in [3.05, 3.63) is 0 Å². The second-order valence-electron chi connectivity index (χ2n) is 0.612. The van der Waals surface area contributed by atoms with E-state index in [1.165, 1.54) is 0 Å². The Balaban J connectivity index is -0.0000000910. The predicted octanol–water partition coefficient (Wildman–Crippen LogP) is -2.01. The van der Waals surface area contributed by atoms with E-state index in [4.69, 9.17) is 26.6 Å². The molecule has 10 heavy (non-hydrogen) atoms. The molecule has 0 heterocycles. The summed E-state index contributed by atoms with van der Waals surface area (Å²) >= 11 is 0.132. The molecule has 0 rings (SSSR count). The summed E-state index contributed by atoms with van der Waals surface area (Å²) in [6.45, 7) is 0. The van der Waals surface area contributed by atoms with Crippen molar-refractivity contribution in [1.29, 1.82) is 0 Å². The van der Waals surface area contributed by atoms with Crippen molar-refractivity contribution in [2.75, 3.05) is 0 Å². The van der Waals surface area contributed by atoms with Gasteiger partial charge in [-0.3, -0.25) is 8.42 Å². The molecule has 0 saturated heterocycles. The summed E-state index contributed by atoms with van der Waals surface area (Å²) in [5.74, 6) is 0. The molecule has 0 aliphatic carbocycles. The molecule has 0 aromatic carbocycles. The minimum absolute atomic E-state index is 0. The van der Waals surface area contributed by atoms with Crippen LogP contribution >= 0.6 is 0 Å². The molecular weight excluding hydrogens is 389 g/mol. The van der Waals surface area contributed by atoms with Crippen molar-refractivity contribution in [3.8, 4) is 0 Å². The zero-order valence-electron chi connectivity index (χ0n) is 3.98. The van der Waals surface area contributed by atoms with Gasteiger partial charge >= 0.3 is 0 Å². The summed E-state index contributed by atoms with van der Waals surface area (Å²) in [6.07, 6.45) is 0. The maximum atomic E-state index is 8.89. The molecule has 0 aromatic heterocycles. The van der Waals surface area contributed by atoms with Gasteiger partial charge in [0.25, 0.3) is 0 Å². The van der Waals surface area contributed by atoms with E-state index in [1.807, 2.05) is 0 Å². The Morgan fingerprint density at radius 2 is 1.30 bits per heavy atom. The molecule has 1 radical (unpaired) electrons. The fraction of sp³-hybridized carbons (Fsp3) is 0. The SMILES string of the molecule is O=S([O-])([O-])=S.O=S([O-])[O-].[Au]. The van der Waals surface area contributed by atoms with E-state index < -0.39 is 20.4 Å². The van der Waals surface area contributed by atoms with Gasteiger partial charge in [-0.1, -0.05) is 0 Å². The predicted molar refractivity (Wildman–Crippen MR) is 26.8 cm³/mol. The Morgan fingerprint density at radius 3 is 1.30 bits per heavy atom. The van der Waals surface area contributed by atoms with Crippen molar-refractivity contribution in [1.82, 2.24) is 0 Å². The van der Waals surface area contributed by atoms with Crippen LogP contribution in [0.5, 0.6) is 0 Å². The maximum Gasteiger partial charge on any atom is 0 e. The molecule has 10 heteroatoms. The summed E-state index contributed by atoms with van der Waals surface area (Å²) in [7, 11) is -4.33. The molecule has 0 amide bonds. The van der Waals surface area contributed by atoms with Crippen LogP contribution in [-0.2, 0) is 54.0 Å². The fourth-order valence-corrected chi connectivity index (χ4v) is 0. The summed E-state index contributed by atoms with van der Waals surface area (Å²) in [6, 6.07) is 0. The fourth-order valence-electron chi connectivity index (χ4n) is 0. The van der Waals surface area contributed by atoms with Crippen molar-refractivity contribution in [2.45, 2.75) is 0 Å². The molecule has 0 fully saturated rings. The zero-order chi connectivity index (χ0) is 8.08. The van der Waals surface area contributed by atoms with Gasteiger partial charge in [0.1, 0.15) is 0 Å².